The summed E-state index contributed by atoms with van der Waals surface area (Å²) in [6.45, 7) is 9.94. The third-order valence-corrected chi connectivity index (χ3v) is 5.51. The molecule has 0 aliphatic heterocycles. The van der Waals surface area contributed by atoms with Crippen LogP contribution in [0, 0.1) is 6.92 Å². The van der Waals surface area contributed by atoms with Gasteiger partial charge in [0.15, 0.2) is 5.69 Å². The van der Waals surface area contributed by atoms with E-state index in [1.807, 2.05) is 41.8 Å². The second kappa shape index (κ2) is 7.77. The Bertz CT molecular complexity index is 690. The quantitative estimate of drug-likeness (QED) is 0.433. The fourth-order valence-electron chi connectivity index (χ4n) is 2.38. The van der Waals surface area contributed by atoms with Crippen LogP contribution in [0.3, 0.4) is 0 Å². The van der Waals surface area contributed by atoms with Crippen LogP contribution in [-0.4, -0.2) is 37.3 Å². The number of methoxy groups -OCH3 is 1. The van der Waals surface area contributed by atoms with Crippen LogP contribution in [0.4, 0.5) is 0 Å². The molecule has 6 heteroatoms. The highest BCUT2D eigenvalue weighted by molar-refractivity contribution is 6.76. The highest BCUT2D eigenvalue weighted by atomic mass is 28.3. The molecule has 0 saturated carbocycles. The van der Waals surface area contributed by atoms with Crippen molar-refractivity contribution in [2.75, 3.05) is 13.7 Å². The lowest BCUT2D eigenvalue weighted by Crippen LogP contribution is -2.22. The molecule has 0 N–H and O–H groups in total. The number of carbonyl (C=O) groups is 1. The molecule has 0 aliphatic rings. The van der Waals surface area contributed by atoms with E-state index in [2.05, 4.69) is 24.6 Å². The summed E-state index contributed by atoms with van der Waals surface area (Å²) in [6, 6.07) is 10.8. The predicted molar refractivity (Wildman–Crippen MR) is 97.8 cm³/mol. The van der Waals surface area contributed by atoms with E-state index in [0.29, 0.717) is 12.4 Å². The summed E-state index contributed by atoms with van der Waals surface area (Å²) in [5.74, 6) is 0.306. The van der Waals surface area contributed by atoms with Gasteiger partial charge in [0.1, 0.15) is 12.6 Å². The van der Waals surface area contributed by atoms with Crippen molar-refractivity contribution in [1.82, 2.24) is 9.55 Å². The zero-order valence-electron chi connectivity index (χ0n) is 15.1. The molecule has 0 saturated heterocycles. The first-order chi connectivity index (χ1) is 11.3. The molecule has 0 unspecified atom stereocenters. The predicted octanol–water partition coefficient (Wildman–Crippen LogP) is 3.96. The lowest BCUT2D eigenvalue weighted by molar-refractivity contribution is 0.0594. The third-order valence-electron chi connectivity index (χ3n) is 3.80. The van der Waals surface area contributed by atoms with Crippen molar-refractivity contribution in [3.8, 4) is 11.3 Å². The van der Waals surface area contributed by atoms with E-state index >= 15 is 0 Å². The zero-order valence-corrected chi connectivity index (χ0v) is 16.1. The second-order valence-electron chi connectivity index (χ2n) is 6.99. The minimum atomic E-state index is -1.13. The maximum atomic E-state index is 12.1. The number of benzene rings is 1. The molecule has 0 atom stereocenters. The molecule has 24 heavy (non-hydrogen) atoms. The Morgan fingerprint density at radius 1 is 1.21 bits per heavy atom. The summed E-state index contributed by atoms with van der Waals surface area (Å²) in [4.78, 5) is 16.5. The van der Waals surface area contributed by atoms with Gasteiger partial charge in [-0.05, 0) is 13.0 Å². The van der Waals surface area contributed by atoms with E-state index < -0.39 is 14.0 Å². The molecule has 0 spiro atoms. The lowest BCUT2D eigenvalue weighted by atomic mass is 10.1. The lowest BCUT2D eigenvalue weighted by Gasteiger charge is -2.17. The molecule has 2 aromatic rings. The van der Waals surface area contributed by atoms with Crippen molar-refractivity contribution in [1.29, 1.82) is 0 Å². The van der Waals surface area contributed by atoms with Gasteiger partial charge >= 0.3 is 5.97 Å². The molecular weight excluding hydrogens is 320 g/mol. The fraction of sp³-hybridized carbons (Fsp3) is 0.444. The van der Waals surface area contributed by atoms with Gasteiger partial charge in [-0.3, -0.25) is 0 Å². The number of esters is 1. The van der Waals surface area contributed by atoms with Crippen molar-refractivity contribution < 1.29 is 14.3 Å². The van der Waals surface area contributed by atoms with Gasteiger partial charge in [0.05, 0.1) is 12.8 Å². The largest absolute Gasteiger partial charge is 0.464 e. The van der Waals surface area contributed by atoms with E-state index in [1.54, 1.807) is 0 Å². The number of hydrogen-bond donors (Lipinski definition) is 0. The highest BCUT2D eigenvalue weighted by Crippen LogP contribution is 2.26. The number of ether oxygens (including phenoxy) is 2. The molecule has 0 radical (unpaired) electrons. The summed E-state index contributed by atoms with van der Waals surface area (Å²) in [5.41, 5.74) is 2.00. The number of rotatable bonds is 7. The van der Waals surface area contributed by atoms with Crippen molar-refractivity contribution in [3.63, 3.8) is 0 Å². The summed E-state index contributed by atoms with van der Waals surface area (Å²) in [6.07, 6.45) is 0. The Morgan fingerprint density at radius 3 is 2.46 bits per heavy atom. The van der Waals surface area contributed by atoms with Crippen molar-refractivity contribution in [2.24, 2.45) is 0 Å². The number of carbonyl (C=O) groups excluding carboxylic acids is 1. The van der Waals surface area contributed by atoms with Gasteiger partial charge < -0.3 is 14.0 Å². The molecule has 1 heterocycles. The number of aromatic nitrogens is 2. The summed E-state index contributed by atoms with van der Waals surface area (Å²) in [7, 11) is 0.242. The average Bonchev–Trinajstić information content (AvgIpc) is 2.87. The fourth-order valence-corrected chi connectivity index (χ4v) is 3.14. The van der Waals surface area contributed by atoms with Crippen LogP contribution in [0.2, 0.25) is 25.7 Å². The first-order valence-electron chi connectivity index (χ1n) is 8.12. The zero-order chi connectivity index (χ0) is 17.7. The maximum absolute atomic E-state index is 12.1. The smallest absolute Gasteiger partial charge is 0.358 e. The van der Waals surface area contributed by atoms with Crippen LogP contribution < -0.4 is 0 Å². The average molecular weight is 347 g/mol. The molecule has 0 amide bonds. The molecule has 0 aliphatic carbocycles. The Hall–Kier alpha value is -1.92. The van der Waals surface area contributed by atoms with Crippen molar-refractivity contribution in [2.45, 2.75) is 39.3 Å². The van der Waals surface area contributed by atoms with E-state index in [9.17, 15) is 4.79 Å². The molecular formula is C18H26N2O3Si. The van der Waals surface area contributed by atoms with Crippen LogP contribution >= 0.6 is 0 Å². The topological polar surface area (TPSA) is 53.3 Å². The van der Waals surface area contributed by atoms with Crippen LogP contribution in [0.15, 0.2) is 30.3 Å². The SMILES string of the molecule is COC(=O)c1nc(C)n(COCC[Si](C)(C)C)c1-c1ccccc1. The number of hydrogen-bond acceptors (Lipinski definition) is 4. The number of aryl methyl sites for hydroxylation is 1. The van der Waals surface area contributed by atoms with E-state index in [1.165, 1.54) is 7.11 Å². The van der Waals surface area contributed by atoms with Crippen LogP contribution in [0.1, 0.15) is 16.3 Å². The van der Waals surface area contributed by atoms with E-state index in [-0.39, 0.29) is 0 Å². The molecule has 5 nitrogen and oxygen atoms in total. The van der Waals surface area contributed by atoms with Crippen LogP contribution in [-0.2, 0) is 16.2 Å². The molecule has 0 bridgehead atoms. The molecule has 2 rings (SSSR count). The van der Waals surface area contributed by atoms with Gasteiger partial charge in [0.25, 0.3) is 0 Å². The highest BCUT2D eigenvalue weighted by Gasteiger charge is 2.22. The summed E-state index contributed by atoms with van der Waals surface area (Å²) in [5, 5.41) is 0. The van der Waals surface area contributed by atoms with Crippen molar-refractivity contribution in [3.05, 3.63) is 41.9 Å². The Morgan fingerprint density at radius 2 is 1.88 bits per heavy atom. The number of nitrogens with zero attached hydrogens (tertiary/aromatic N) is 2. The van der Waals surface area contributed by atoms with Gasteiger partial charge in [-0.2, -0.15) is 0 Å². The summed E-state index contributed by atoms with van der Waals surface area (Å²) >= 11 is 0. The molecule has 0 fully saturated rings. The Labute approximate surface area is 144 Å². The standard InChI is InChI=1S/C18H26N2O3Si/c1-14-19-16(18(21)22-2)17(15-9-7-6-8-10-15)20(14)13-23-11-12-24(3,4)5/h6-10H,11-13H2,1-5H3. The molecule has 1 aromatic heterocycles. The normalized spacial score (nSPS) is 11.5. The minimum absolute atomic E-state index is 0.329. The third kappa shape index (κ3) is 4.55. The molecule has 1 aromatic carbocycles. The van der Waals surface area contributed by atoms with Crippen LogP contribution in [0.25, 0.3) is 11.3 Å². The van der Waals surface area contributed by atoms with E-state index in [4.69, 9.17) is 9.47 Å². The van der Waals surface area contributed by atoms with Crippen molar-refractivity contribution >= 4 is 14.0 Å². The maximum Gasteiger partial charge on any atom is 0.358 e. The van der Waals surface area contributed by atoms with Gasteiger partial charge in [0.2, 0.25) is 0 Å². The van der Waals surface area contributed by atoms with Gasteiger partial charge in [-0.15, -0.1) is 0 Å². The molecule has 130 valence electrons. The second-order valence-corrected chi connectivity index (χ2v) is 12.6. The van der Waals surface area contributed by atoms with Gasteiger partial charge in [0, 0.05) is 20.2 Å². The first kappa shape index (κ1) is 18.4. The minimum Gasteiger partial charge on any atom is -0.464 e. The van der Waals surface area contributed by atoms with Crippen LogP contribution in [0.5, 0.6) is 0 Å². The first-order valence-corrected chi connectivity index (χ1v) is 11.8. The Balaban J connectivity index is 2.30. The van der Waals surface area contributed by atoms with E-state index in [0.717, 1.165) is 29.7 Å². The number of imidazole rings is 1. The summed E-state index contributed by atoms with van der Waals surface area (Å²) < 4.78 is 12.7. The monoisotopic (exact) mass is 346 g/mol. The van der Waals surface area contributed by atoms with Gasteiger partial charge in [-0.25, -0.2) is 9.78 Å². The Kier molecular flexibility index (Phi) is 5.96. The van der Waals surface area contributed by atoms with Gasteiger partial charge in [-0.1, -0.05) is 50.0 Å².